The van der Waals surface area contributed by atoms with Gasteiger partial charge in [-0.1, -0.05) is 211 Å². The van der Waals surface area contributed by atoms with E-state index in [2.05, 4.69) is 102 Å². The Hall–Kier alpha value is -0.781. The Morgan fingerprint density at radius 3 is 0.699 bits per heavy atom. The molecule has 0 saturated heterocycles. The average molecular weight is 1180 g/mol. The molecule has 10 heteroatoms. The molecule has 0 aromatic carbocycles. The minimum absolute atomic E-state index is 0.301. The number of carbonyl (C=O) groups excluding carboxylic acids is 3. The molecular weight excluding hydrogens is 1070 g/mol. The van der Waals surface area contributed by atoms with Gasteiger partial charge in [0.2, 0.25) is 0 Å². The molecule has 0 bridgehead atoms. The van der Waals surface area contributed by atoms with E-state index < -0.39 is 17.9 Å². The molecule has 0 heterocycles. The SMILES string of the molecule is C=C[CH2][Sn+3].CCCCCCCCC=CCCCCCCC(CCS)C(=O)[O-].CCCCCCCCC=CCCCCCCC(CCS)C(=O)[O-].CCCCCCCCC=CCCCCCCC(CCS)C(=O)[O-]. The number of carboxylic acid groups (broad SMARTS) is 3. The zero-order chi connectivity index (χ0) is 54.9. The number of carbonyl (C=O) groups is 3. The Balaban J connectivity index is -0.000000470. The van der Waals surface area contributed by atoms with Crippen LogP contribution in [0.3, 0.4) is 0 Å². The topological polar surface area (TPSA) is 120 Å². The monoisotopic (exact) mass is 1180 g/mol. The van der Waals surface area contributed by atoms with Crippen molar-refractivity contribution in [2.45, 2.75) is 295 Å². The molecule has 3 atom stereocenters. The van der Waals surface area contributed by atoms with Crippen LogP contribution in [0.2, 0.25) is 4.44 Å². The van der Waals surface area contributed by atoms with Crippen LogP contribution >= 0.6 is 37.9 Å². The van der Waals surface area contributed by atoms with Crippen LogP contribution in [0.25, 0.3) is 0 Å². The molecule has 0 fully saturated rings. The number of rotatable bonds is 52. The summed E-state index contributed by atoms with van der Waals surface area (Å²) in [7, 11) is 0. The largest absolute Gasteiger partial charge is 0.550 e. The molecule has 0 aliphatic rings. The van der Waals surface area contributed by atoms with Crippen molar-refractivity contribution in [3.05, 3.63) is 49.1 Å². The fourth-order valence-corrected chi connectivity index (χ4v) is 9.40. The standard InChI is InChI=1S/3C20H38O2S.C3H5.Sn/c3*1-2-3-4-5-6-7-8-9-10-11-12-13-14-15-16-19(17-18-23)20(21)22;1-3-2;/h3*9-10,19,23H,2-8,11-18H2,1H3,(H,21,22);3H,1-2H2;/q;;;;+3/p-3. The van der Waals surface area contributed by atoms with Gasteiger partial charge in [-0.15, -0.1) is 0 Å². The fraction of sp³-hybridized carbons (Fsp3) is 0.825. The van der Waals surface area contributed by atoms with E-state index in [0.717, 1.165) is 77.0 Å². The average Bonchev–Trinajstić information content (AvgIpc) is 3.38. The van der Waals surface area contributed by atoms with Crippen LogP contribution < -0.4 is 15.3 Å². The molecule has 0 spiro atoms. The van der Waals surface area contributed by atoms with Gasteiger partial charge >= 0.3 is 39.6 Å². The van der Waals surface area contributed by atoms with Crippen LogP contribution in [-0.2, 0) is 14.4 Å². The molecule has 6 nitrogen and oxygen atoms in total. The molecule has 0 aliphatic carbocycles. The molecule has 0 N–H and O–H groups in total. The first-order valence-corrected chi connectivity index (χ1v) is 34.1. The summed E-state index contributed by atoms with van der Waals surface area (Å²) in [6, 6.07) is 0. The van der Waals surface area contributed by atoms with E-state index in [1.165, 1.54) is 178 Å². The number of thiol groups is 3. The maximum atomic E-state index is 10.9. The number of hydrogen-bond donors (Lipinski definition) is 3. The molecule has 0 aromatic heterocycles. The second-order valence-electron chi connectivity index (χ2n) is 20.1. The first-order chi connectivity index (χ1) is 35.6. The molecule has 0 rings (SSSR count). The van der Waals surface area contributed by atoms with Crippen molar-refractivity contribution in [1.29, 1.82) is 0 Å². The van der Waals surface area contributed by atoms with E-state index >= 15 is 0 Å². The minimum atomic E-state index is -0.906. The Bertz CT molecular complexity index is 1080. The molecular formula is C63H116O6S3Sn. The molecule has 0 radical (unpaired) electrons. The van der Waals surface area contributed by atoms with Gasteiger partial charge in [0.15, 0.2) is 0 Å². The Labute approximate surface area is 483 Å². The van der Waals surface area contributed by atoms with Gasteiger partial charge < -0.3 is 29.7 Å². The molecule has 0 aliphatic heterocycles. The molecule has 0 aromatic rings. The van der Waals surface area contributed by atoms with Gasteiger partial charge in [-0.3, -0.25) is 0 Å². The molecule has 426 valence electrons. The predicted molar refractivity (Wildman–Crippen MR) is 326 cm³/mol. The van der Waals surface area contributed by atoms with E-state index in [-0.39, 0.29) is 17.8 Å². The Kier molecular flexibility index (Phi) is 76.8. The van der Waals surface area contributed by atoms with Gasteiger partial charge in [0.25, 0.3) is 0 Å². The maximum absolute atomic E-state index is 10.9. The van der Waals surface area contributed by atoms with Crippen LogP contribution in [0.5, 0.6) is 0 Å². The van der Waals surface area contributed by atoms with Gasteiger partial charge in [0.05, 0.1) is 0 Å². The second-order valence-corrected chi connectivity index (χ2v) is 22.6. The number of unbranched alkanes of at least 4 members (excludes halogenated alkanes) is 30. The summed E-state index contributed by atoms with van der Waals surface area (Å²) in [6.07, 6.45) is 65.3. The van der Waals surface area contributed by atoms with Crippen molar-refractivity contribution < 1.29 is 29.7 Å². The van der Waals surface area contributed by atoms with E-state index in [1.54, 1.807) is 22.5 Å². The summed E-state index contributed by atoms with van der Waals surface area (Å²) in [5.41, 5.74) is 0. The van der Waals surface area contributed by atoms with E-state index in [9.17, 15) is 29.7 Å². The summed E-state index contributed by atoms with van der Waals surface area (Å²) < 4.78 is 1.17. The fourth-order valence-electron chi connectivity index (χ4n) is 8.46. The Morgan fingerprint density at radius 1 is 0.356 bits per heavy atom. The van der Waals surface area contributed by atoms with Crippen molar-refractivity contribution in [2.75, 3.05) is 17.3 Å². The summed E-state index contributed by atoms with van der Waals surface area (Å²) in [6.45, 7) is 10.3. The van der Waals surface area contributed by atoms with Crippen LogP contribution in [-0.4, -0.2) is 57.7 Å². The van der Waals surface area contributed by atoms with Gasteiger partial charge in [0.1, 0.15) is 0 Å². The second kappa shape index (κ2) is 71.2. The zero-order valence-corrected chi connectivity index (χ0v) is 53.3. The van der Waals surface area contributed by atoms with Gasteiger partial charge in [-0.2, -0.15) is 37.9 Å². The Morgan fingerprint density at radius 2 is 0.534 bits per heavy atom. The van der Waals surface area contributed by atoms with Crippen LogP contribution in [0.15, 0.2) is 49.1 Å². The normalized spacial score (nSPS) is 12.4. The first-order valence-electron chi connectivity index (χ1n) is 30.2. The zero-order valence-electron chi connectivity index (χ0n) is 47.8. The minimum Gasteiger partial charge on any atom is -0.550 e. The van der Waals surface area contributed by atoms with Crippen molar-refractivity contribution in [1.82, 2.24) is 0 Å². The molecule has 73 heavy (non-hydrogen) atoms. The smallest absolute Gasteiger partial charge is 0.0445 e. The molecule has 3 unspecified atom stereocenters. The van der Waals surface area contributed by atoms with Crippen LogP contribution in [0, 0.1) is 17.8 Å². The third kappa shape index (κ3) is 71.2. The number of allylic oxidation sites excluding steroid dienone is 7. The van der Waals surface area contributed by atoms with Crippen LogP contribution in [0.4, 0.5) is 0 Å². The first kappa shape index (κ1) is 78.7. The third-order valence-electron chi connectivity index (χ3n) is 13.3. The number of aliphatic carboxylic acids is 3. The van der Waals surface area contributed by atoms with Crippen molar-refractivity contribution in [3.8, 4) is 0 Å². The van der Waals surface area contributed by atoms with Gasteiger partial charge in [-0.25, -0.2) is 0 Å². The summed E-state index contributed by atoms with van der Waals surface area (Å²) in [5, 5.41) is 32.7. The van der Waals surface area contributed by atoms with Gasteiger partial charge in [-0.05, 0) is 151 Å². The van der Waals surface area contributed by atoms with Gasteiger partial charge in [0, 0.05) is 17.9 Å². The van der Waals surface area contributed by atoms with E-state index in [4.69, 9.17) is 0 Å². The van der Waals surface area contributed by atoms with E-state index in [0.29, 0.717) is 36.5 Å². The van der Waals surface area contributed by atoms with Crippen LogP contribution in [0.1, 0.15) is 290 Å². The number of hydrogen-bond acceptors (Lipinski definition) is 9. The summed E-state index contributed by atoms with van der Waals surface area (Å²) >= 11 is 13.9. The molecule has 0 amide bonds. The predicted octanol–water partition coefficient (Wildman–Crippen LogP) is 16.7. The summed E-state index contributed by atoms with van der Waals surface area (Å²) in [5.74, 6) is -1.74. The quantitative estimate of drug-likeness (QED) is 0.0241. The third-order valence-corrected chi connectivity index (χ3v) is 14.9. The van der Waals surface area contributed by atoms with E-state index in [1.807, 2.05) is 6.08 Å². The number of carboxylic acids is 3. The molecule has 0 saturated carbocycles. The maximum Gasteiger partial charge on any atom is 0.0445 e. The van der Waals surface area contributed by atoms with Crippen molar-refractivity contribution in [3.63, 3.8) is 0 Å². The van der Waals surface area contributed by atoms with Crippen molar-refractivity contribution >= 4 is 78.3 Å². The summed E-state index contributed by atoms with van der Waals surface area (Å²) in [4.78, 5) is 32.7. The van der Waals surface area contributed by atoms with Crippen molar-refractivity contribution in [2.24, 2.45) is 17.8 Å².